The third-order valence-corrected chi connectivity index (χ3v) is 1.96. The second kappa shape index (κ2) is 2.64. The summed E-state index contributed by atoms with van der Waals surface area (Å²) in [6.45, 7) is 1.33. The van der Waals surface area contributed by atoms with Crippen LogP contribution in [0.3, 0.4) is 0 Å². The molecule has 1 saturated heterocycles. The molecule has 0 spiro atoms. The van der Waals surface area contributed by atoms with Crippen LogP contribution in [0.4, 0.5) is 0 Å². The number of ether oxygens (including phenoxy) is 1. The average molecular weight is 153 g/mol. The van der Waals surface area contributed by atoms with Crippen molar-refractivity contribution in [3.63, 3.8) is 0 Å². The Morgan fingerprint density at radius 1 is 1.55 bits per heavy atom. The molecule has 0 aromatic carbocycles. The largest absolute Gasteiger partial charge is 0.377 e. The summed E-state index contributed by atoms with van der Waals surface area (Å²) in [5.41, 5.74) is 5.78. The van der Waals surface area contributed by atoms with Gasteiger partial charge in [0.05, 0.1) is 25.3 Å². The van der Waals surface area contributed by atoms with E-state index < -0.39 is 0 Å². The van der Waals surface area contributed by atoms with E-state index in [-0.39, 0.29) is 12.1 Å². The summed E-state index contributed by atoms with van der Waals surface area (Å²) in [5, 5.41) is 4.11. The highest BCUT2D eigenvalue weighted by atomic mass is 16.5. The normalized spacial score (nSPS) is 31.0. The Morgan fingerprint density at radius 3 is 3.00 bits per heavy atom. The average Bonchev–Trinajstić information content (AvgIpc) is 2.55. The Kier molecular flexibility index (Phi) is 1.63. The smallest absolute Gasteiger partial charge is 0.0925 e. The molecular weight excluding hydrogens is 142 g/mol. The second-order valence-corrected chi connectivity index (χ2v) is 2.75. The highest BCUT2D eigenvalue weighted by Gasteiger charge is 2.26. The minimum Gasteiger partial charge on any atom is -0.377 e. The van der Waals surface area contributed by atoms with Crippen molar-refractivity contribution >= 4 is 0 Å². The predicted molar refractivity (Wildman–Crippen MR) is 40.1 cm³/mol. The van der Waals surface area contributed by atoms with Gasteiger partial charge in [0.1, 0.15) is 0 Å². The van der Waals surface area contributed by atoms with Gasteiger partial charge in [-0.2, -0.15) is 5.10 Å². The fourth-order valence-electron chi connectivity index (χ4n) is 1.31. The van der Waals surface area contributed by atoms with Crippen LogP contribution in [0.25, 0.3) is 0 Å². The maximum atomic E-state index is 5.78. The van der Waals surface area contributed by atoms with Crippen molar-refractivity contribution in [2.75, 3.05) is 13.2 Å². The first kappa shape index (κ1) is 6.82. The lowest BCUT2D eigenvalue weighted by molar-refractivity contribution is 0.183. The van der Waals surface area contributed by atoms with Gasteiger partial charge in [-0.15, -0.1) is 0 Å². The molecule has 2 atom stereocenters. The molecule has 1 aromatic rings. The standard InChI is InChI=1S/C7H11N3O/c8-6-4-11-5-7(6)10-3-1-2-9-10/h1-3,6-7H,4-5,8H2/t6-,7+/m0/s1. The second-order valence-electron chi connectivity index (χ2n) is 2.75. The van der Waals surface area contributed by atoms with E-state index in [0.717, 1.165) is 0 Å². The van der Waals surface area contributed by atoms with Crippen LogP contribution in [-0.2, 0) is 4.74 Å². The van der Waals surface area contributed by atoms with Crippen molar-refractivity contribution in [1.29, 1.82) is 0 Å². The van der Waals surface area contributed by atoms with Gasteiger partial charge in [-0.3, -0.25) is 4.68 Å². The molecule has 0 bridgehead atoms. The maximum Gasteiger partial charge on any atom is 0.0925 e. The van der Waals surface area contributed by atoms with Gasteiger partial charge in [0.25, 0.3) is 0 Å². The van der Waals surface area contributed by atoms with Crippen molar-refractivity contribution in [3.05, 3.63) is 18.5 Å². The van der Waals surface area contributed by atoms with Crippen LogP contribution < -0.4 is 5.73 Å². The van der Waals surface area contributed by atoms with E-state index in [4.69, 9.17) is 10.5 Å². The molecule has 60 valence electrons. The van der Waals surface area contributed by atoms with Gasteiger partial charge in [0, 0.05) is 12.4 Å². The van der Waals surface area contributed by atoms with Crippen LogP contribution >= 0.6 is 0 Å². The Hall–Kier alpha value is -0.870. The molecule has 1 aliphatic heterocycles. The fraction of sp³-hybridized carbons (Fsp3) is 0.571. The van der Waals surface area contributed by atoms with E-state index in [2.05, 4.69) is 5.10 Å². The summed E-state index contributed by atoms with van der Waals surface area (Å²) in [4.78, 5) is 0. The first-order chi connectivity index (χ1) is 5.38. The molecule has 0 saturated carbocycles. The van der Waals surface area contributed by atoms with E-state index >= 15 is 0 Å². The van der Waals surface area contributed by atoms with Crippen LogP contribution in [0.15, 0.2) is 18.5 Å². The number of hydrogen-bond donors (Lipinski definition) is 1. The number of nitrogens with zero attached hydrogens (tertiary/aromatic N) is 2. The van der Waals surface area contributed by atoms with Crippen molar-refractivity contribution < 1.29 is 4.74 Å². The highest BCUT2D eigenvalue weighted by molar-refractivity contribution is 4.88. The van der Waals surface area contributed by atoms with Gasteiger partial charge < -0.3 is 10.5 Å². The monoisotopic (exact) mass is 153 g/mol. The van der Waals surface area contributed by atoms with Crippen LogP contribution in [0.5, 0.6) is 0 Å². The van der Waals surface area contributed by atoms with Gasteiger partial charge in [-0.1, -0.05) is 0 Å². The minimum atomic E-state index is 0.0925. The topological polar surface area (TPSA) is 53.1 Å². The molecule has 1 fully saturated rings. The molecule has 4 nitrogen and oxygen atoms in total. The van der Waals surface area contributed by atoms with Gasteiger partial charge in [-0.25, -0.2) is 0 Å². The molecule has 2 N–H and O–H groups in total. The lowest BCUT2D eigenvalue weighted by Crippen LogP contribution is -2.30. The van der Waals surface area contributed by atoms with Crippen LogP contribution in [0, 0.1) is 0 Å². The lowest BCUT2D eigenvalue weighted by Gasteiger charge is -2.12. The maximum absolute atomic E-state index is 5.78. The summed E-state index contributed by atoms with van der Waals surface area (Å²) in [7, 11) is 0. The van der Waals surface area contributed by atoms with Gasteiger partial charge >= 0.3 is 0 Å². The third kappa shape index (κ3) is 1.15. The zero-order valence-electron chi connectivity index (χ0n) is 6.18. The molecule has 1 aromatic heterocycles. The first-order valence-electron chi connectivity index (χ1n) is 3.70. The molecule has 2 heterocycles. The SMILES string of the molecule is N[C@H]1COC[C@H]1n1cccn1. The highest BCUT2D eigenvalue weighted by Crippen LogP contribution is 2.15. The van der Waals surface area contributed by atoms with Gasteiger partial charge in [0.2, 0.25) is 0 Å². The Bertz CT molecular complexity index is 222. The quantitative estimate of drug-likeness (QED) is 0.607. The van der Waals surface area contributed by atoms with Crippen molar-refractivity contribution in [2.24, 2.45) is 5.73 Å². The first-order valence-corrected chi connectivity index (χ1v) is 3.70. The van der Waals surface area contributed by atoms with Gasteiger partial charge in [-0.05, 0) is 6.07 Å². The van der Waals surface area contributed by atoms with Crippen LogP contribution in [0.1, 0.15) is 6.04 Å². The van der Waals surface area contributed by atoms with Crippen LogP contribution in [-0.4, -0.2) is 29.0 Å². The molecular formula is C7H11N3O. The molecule has 0 aliphatic carbocycles. The summed E-state index contributed by atoms with van der Waals surface area (Å²) < 4.78 is 7.07. The number of aromatic nitrogens is 2. The summed E-state index contributed by atoms with van der Waals surface area (Å²) in [5.74, 6) is 0. The number of nitrogens with two attached hydrogens (primary N) is 1. The van der Waals surface area contributed by atoms with E-state index in [0.29, 0.717) is 13.2 Å². The van der Waals surface area contributed by atoms with Crippen molar-refractivity contribution in [1.82, 2.24) is 9.78 Å². The summed E-state index contributed by atoms with van der Waals surface area (Å²) in [6.07, 6.45) is 3.67. The zero-order chi connectivity index (χ0) is 7.68. The summed E-state index contributed by atoms with van der Waals surface area (Å²) in [6, 6.07) is 2.21. The van der Waals surface area contributed by atoms with Crippen molar-refractivity contribution in [3.8, 4) is 0 Å². The van der Waals surface area contributed by atoms with E-state index in [9.17, 15) is 0 Å². The Balaban J connectivity index is 2.16. The van der Waals surface area contributed by atoms with Crippen molar-refractivity contribution in [2.45, 2.75) is 12.1 Å². The zero-order valence-corrected chi connectivity index (χ0v) is 6.18. The van der Waals surface area contributed by atoms with E-state index in [1.807, 2.05) is 16.9 Å². The van der Waals surface area contributed by atoms with Gasteiger partial charge in [0.15, 0.2) is 0 Å². The number of rotatable bonds is 1. The Labute approximate surface area is 64.9 Å². The number of hydrogen-bond acceptors (Lipinski definition) is 3. The molecule has 1 aliphatic rings. The van der Waals surface area contributed by atoms with Crippen LogP contribution in [0.2, 0.25) is 0 Å². The molecule has 2 rings (SSSR count). The summed E-state index contributed by atoms with van der Waals surface area (Å²) >= 11 is 0. The molecule has 11 heavy (non-hydrogen) atoms. The fourth-order valence-corrected chi connectivity index (χ4v) is 1.31. The predicted octanol–water partition coefficient (Wildman–Crippen LogP) is -0.218. The van der Waals surface area contributed by atoms with E-state index in [1.54, 1.807) is 6.20 Å². The minimum absolute atomic E-state index is 0.0925. The molecule has 0 unspecified atom stereocenters. The molecule has 0 amide bonds. The third-order valence-electron chi connectivity index (χ3n) is 1.96. The Morgan fingerprint density at radius 2 is 2.45 bits per heavy atom. The van der Waals surface area contributed by atoms with E-state index in [1.165, 1.54) is 0 Å². The molecule has 0 radical (unpaired) electrons. The molecule has 4 heteroatoms. The lowest BCUT2D eigenvalue weighted by atomic mass is 10.2.